The van der Waals surface area contributed by atoms with Gasteiger partial charge in [-0.1, -0.05) is 18.2 Å². The lowest BCUT2D eigenvalue weighted by Crippen LogP contribution is -2.23. The molecule has 1 N–H and O–H groups in total. The molecule has 0 spiro atoms. The molecule has 3 rings (SSSR count). The van der Waals surface area contributed by atoms with Crippen molar-refractivity contribution in [2.45, 2.75) is 20.4 Å². The molecule has 5 heteroatoms. The highest BCUT2D eigenvalue weighted by molar-refractivity contribution is 5.95. The summed E-state index contributed by atoms with van der Waals surface area (Å²) >= 11 is 0. The van der Waals surface area contributed by atoms with Gasteiger partial charge < -0.3 is 14.6 Å². The van der Waals surface area contributed by atoms with Crippen LogP contribution in [0.4, 0.5) is 0 Å². The minimum absolute atomic E-state index is 0.0990. The molecule has 2 aromatic heterocycles. The molecule has 0 atom stereocenters. The van der Waals surface area contributed by atoms with Gasteiger partial charge in [0.25, 0.3) is 5.91 Å². The Morgan fingerprint density at radius 1 is 1.20 bits per heavy atom. The van der Waals surface area contributed by atoms with Crippen LogP contribution in [0.25, 0.3) is 5.69 Å². The highest BCUT2D eigenvalue weighted by atomic mass is 16.5. The lowest BCUT2D eigenvalue weighted by Gasteiger charge is -2.14. The number of nitrogens with one attached hydrogen (secondary N) is 1. The quantitative estimate of drug-likeness (QED) is 0.777. The highest BCUT2D eigenvalue weighted by Crippen LogP contribution is 2.27. The third-order valence-corrected chi connectivity index (χ3v) is 4.18. The number of carbonyl (C=O) groups is 1. The van der Waals surface area contributed by atoms with E-state index < -0.39 is 0 Å². The number of ether oxygens (including phenoxy) is 1. The Balaban J connectivity index is 1.88. The maximum Gasteiger partial charge on any atom is 0.253 e. The largest absolute Gasteiger partial charge is 0.495 e. The first-order valence-electron chi connectivity index (χ1n) is 8.11. The van der Waals surface area contributed by atoms with Crippen LogP contribution in [-0.4, -0.2) is 22.6 Å². The van der Waals surface area contributed by atoms with Crippen molar-refractivity contribution in [2.75, 3.05) is 7.11 Å². The van der Waals surface area contributed by atoms with Crippen LogP contribution in [0.3, 0.4) is 0 Å². The Labute approximate surface area is 147 Å². The van der Waals surface area contributed by atoms with E-state index >= 15 is 0 Å². The Bertz CT molecular complexity index is 885. The van der Waals surface area contributed by atoms with Crippen molar-refractivity contribution in [3.8, 4) is 11.4 Å². The van der Waals surface area contributed by atoms with Crippen LogP contribution in [0, 0.1) is 13.8 Å². The number of para-hydroxylation sites is 2. The summed E-state index contributed by atoms with van der Waals surface area (Å²) < 4.78 is 7.50. The first-order chi connectivity index (χ1) is 12.1. The number of methoxy groups -OCH3 is 1. The van der Waals surface area contributed by atoms with Gasteiger partial charge in [0.1, 0.15) is 5.75 Å². The summed E-state index contributed by atoms with van der Waals surface area (Å²) in [5.74, 6) is 0.671. The number of amides is 1. The van der Waals surface area contributed by atoms with E-state index in [2.05, 4.69) is 10.3 Å². The van der Waals surface area contributed by atoms with Crippen molar-refractivity contribution in [3.63, 3.8) is 0 Å². The molecular formula is C20H21N3O2. The first kappa shape index (κ1) is 16.8. The number of rotatable bonds is 5. The second-order valence-electron chi connectivity index (χ2n) is 5.84. The summed E-state index contributed by atoms with van der Waals surface area (Å²) in [4.78, 5) is 16.7. The van der Waals surface area contributed by atoms with Gasteiger partial charge >= 0.3 is 0 Å². The number of aromatic nitrogens is 2. The molecule has 0 unspecified atom stereocenters. The summed E-state index contributed by atoms with van der Waals surface area (Å²) in [6, 6.07) is 13.5. The van der Waals surface area contributed by atoms with Gasteiger partial charge in [-0.2, -0.15) is 0 Å². The van der Waals surface area contributed by atoms with Crippen molar-refractivity contribution >= 4 is 5.91 Å². The summed E-state index contributed by atoms with van der Waals surface area (Å²) in [5.41, 5.74) is 4.41. The van der Waals surface area contributed by atoms with Crippen LogP contribution in [0.15, 0.2) is 54.9 Å². The Morgan fingerprint density at radius 2 is 2.00 bits per heavy atom. The van der Waals surface area contributed by atoms with Gasteiger partial charge in [0.05, 0.1) is 18.4 Å². The normalized spacial score (nSPS) is 10.5. The summed E-state index contributed by atoms with van der Waals surface area (Å²) in [6.45, 7) is 4.38. The molecule has 0 aliphatic carbocycles. The van der Waals surface area contributed by atoms with Gasteiger partial charge in [-0.25, -0.2) is 0 Å². The van der Waals surface area contributed by atoms with E-state index in [1.807, 2.05) is 60.9 Å². The van der Waals surface area contributed by atoms with Crippen LogP contribution in [0.2, 0.25) is 0 Å². The van der Waals surface area contributed by atoms with Gasteiger partial charge in [-0.3, -0.25) is 9.78 Å². The van der Waals surface area contributed by atoms with Crippen molar-refractivity contribution < 1.29 is 9.53 Å². The van der Waals surface area contributed by atoms with Crippen molar-refractivity contribution in [1.82, 2.24) is 14.9 Å². The van der Waals surface area contributed by atoms with Crippen LogP contribution in [0.1, 0.15) is 27.3 Å². The van der Waals surface area contributed by atoms with E-state index in [1.54, 1.807) is 19.5 Å². The van der Waals surface area contributed by atoms with Crippen molar-refractivity contribution in [1.29, 1.82) is 0 Å². The van der Waals surface area contributed by atoms with E-state index in [-0.39, 0.29) is 5.91 Å². The number of benzene rings is 1. The molecule has 25 heavy (non-hydrogen) atoms. The highest BCUT2D eigenvalue weighted by Gasteiger charge is 2.18. The Kier molecular flexibility index (Phi) is 4.84. The van der Waals surface area contributed by atoms with Gasteiger partial charge in [0.2, 0.25) is 0 Å². The second-order valence-corrected chi connectivity index (χ2v) is 5.84. The monoisotopic (exact) mass is 335 g/mol. The van der Waals surface area contributed by atoms with E-state index in [4.69, 9.17) is 4.74 Å². The predicted octanol–water partition coefficient (Wildman–Crippen LogP) is 3.43. The topological polar surface area (TPSA) is 56.1 Å². The molecule has 0 aliphatic heterocycles. The third kappa shape index (κ3) is 3.40. The molecule has 2 heterocycles. The van der Waals surface area contributed by atoms with Crippen LogP contribution >= 0.6 is 0 Å². The van der Waals surface area contributed by atoms with Crippen LogP contribution < -0.4 is 10.1 Å². The maximum absolute atomic E-state index is 12.6. The number of aryl methyl sites for hydroxylation is 1. The van der Waals surface area contributed by atoms with Gasteiger partial charge in [-0.05, 0) is 43.7 Å². The van der Waals surface area contributed by atoms with E-state index in [0.717, 1.165) is 28.4 Å². The van der Waals surface area contributed by atoms with Crippen molar-refractivity contribution in [3.05, 3.63) is 77.4 Å². The van der Waals surface area contributed by atoms with Gasteiger partial charge in [-0.15, -0.1) is 0 Å². The molecule has 128 valence electrons. The van der Waals surface area contributed by atoms with Crippen LogP contribution in [-0.2, 0) is 6.54 Å². The number of hydrogen-bond acceptors (Lipinski definition) is 3. The Morgan fingerprint density at radius 3 is 2.72 bits per heavy atom. The summed E-state index contributed by atoms with van der Waals surface area (Å²) in [7, 11) is 1.65. The minimum Gasteiger partial charge on any atom is -0.495 e. The zero-order valence-electron chi connectivity index (χ0n) is 14.6. The fourth-order valence-corrected chi connectivity index (χ4v) is 2.96. The number of hydrogen-bond donors (Lipinski definition) is 1. The molecule has 0 saturated heterocycles. The smallest absolute Gasteiger partial charge is 0.253 e. The molecule has 0 aliphatic rings. The van der Waals surface area contributed by atoms with Crippen LogP contribution in [0.5, 0.6) is 5.75 Å². The molecule has 1 aromatic carbocycles. The van der Waals surface area contributed by atoms with Crippen molar-refractivity contribution in [2.24, 2.45) is 0 Å². The molecule has 0 radical (unpaired) electrons. The first-order valence-corrected chi connectivity index (χ1v) is 8.11. The number of nitrogens with zero attached hydrogens (tertiary/aromatic N) is 2. The molecule has 5 nitrogen and oxygen atoms in total. The molecule has 0 fully saturated rings. The zero-order valence-corrected chi connectivity index (χ0v) is 14.6. The zero-order chi connectivity index (χ0) is 17.8. The lowest BCUT2D eigenvalue weighted by molar-refractivity contribution is 0.0950. The standard InChI is InChI=1S/C20H21N3O2/c1-14-11-17(20(24)22-13-16-7-6-10-21-12-16)15(2)23(14)18-8-4-5-9-19(18)25-3/h4-12H,13H2,1-3H3,(H,22,24). The maximum atomic E-state index is 12.6. The lowest BCUT2D eigenvalue weighted by atomic mass is 10.2. The molecule has 0 saturated carbocycles. The average molecular weight is 335 g/mol. The molecular weight excluding hydrogens is 314 g/mol. The van der Waals surface area contributed by atoms with E-state index in [9.17, 15) is 4.79 Å². The average Bonchev–Trinajstić information content (AvgIpc) is 2.95. The predicted molar refractivity (Wildman–Crippen MR) is 97.2 cm³/mol. The van der Waals surface area contributed by atoms with E-state index in [0.29, 0.717) is 12.1 Å². The summed E-state index contributed by atoms with van der Waals surface area (Å²) in [5, 5.41) is 2.95. The second kappa shape index (κ2) is 7.21. The fraction of sp³-hybridized carbons (Fsp3) is 0.200. The summed E-state index contributed by atoms with van der Waals surface area (Å²) in [6.07, 6.45) is 3.46. The van der Waals surface area contributed by atoms with Gasteiger partial charge in [0.15, 0.2) is 0 Å². The van der Waals surface area contributed by atoms with E-state index in [1.165, 1.54) is 0 Å². The number of pyridine rings is 1. The molecule has 1 amide bonds. The SMILES string of the molecule is COc1ccccc1-n1c(C)cc(C(=O)NCc2cccnc2)c1C. The third-order valence-electron chi connectivity index (χ3n) is 4.18. The fourth-order valence-electron chi connectivity index (χ4n) is 2.96. The molecule has 3 aromatic rings. The minimum atomic E-state index is -0.0990. The van der Waals surface area contributed by atoms with Gasteiger partial charge in [0, 0.05) is 30.3 Å². The Hall–Kier alpha value is -3.08. The number of carbonyl (C=O) groups excluding carboxylic acids is 1. The molecule has 0 bridgehead atoms.